The molecule has 0 spiro atoms. The van der Waals surface area contributed by atoms with Gasteiger partial charge in [-0.25, -0.2) is 0 Å². The van der Waals surface area contributed by atoms with Crippen molar-refractivity contribution in [3.63, 3.8) is 0 Å². The van der Waals surface area contributed by atoms with E-state index in [1.165, 1.54) is 12.8 Å². The summed E-state index contributed by atoms with van der Waals surface area (Å²) in [4.78, 5) is 0. The second-order valence-electron chi connectivity index (χ2n) is 4.51. The summed E-state index contributed by atoms with van der Waals surface area (Å²) in [5, 5.41) is 0. The van der Waals surface area contributed by atoms with Gasteiger partial charge >= 0.3 is 0 Å². The molecule has 1 aliphatic carbocycles. The van der Waals surface area contributed by atoms with E-state index < -0.39 is 0 Å². The molecule has 1 atom stereocenters. The van der Waals surface area contributed by atoms with Gasteiger partial charge in [0, 0.05) is 5.56 Å². The molecule has 1 aromatic rings. The van der Waals surface area contributed by atoms with E-state index in [0.29, 0.717) is 6.10 Å². The van der Waals surface area contributed by atoms with Crippen LogP contribution in [0.1, 0.15) is 38.2 Å². The third-order valence-corrected chi connectivity index (χ3v) is 2.66. The van der Waals surface area contributed by atoms with Crippen molar-refractivity contribution in [2.75, 3.05) is 0 Å². The number of hydrogen-bond acceptors (Lipinski definition) is 2. The average Bonchev–Trinajstić information content (AvgIpc) is 3.11. The van der Waals surface area contributed by atoms with E-state index >= 15 is 0 Å². The Kier molecular flexibility index (Phi) is 4.06. The van der Waals surface area contributed by atoms with E-state index in [1.54, 1.807) is 0 Å². The molecule has 2 nitrogen and oxygen atoms in total. The maximum absolute atomic E-state index is 5.86. The molecule has 1 aromatic carbocycles. The van der Waals surface area contributed by atoms with Crippen LogP contribution in [0.4, 0.5) is 0 Å². The van der Waals surface area contributed by atoms with Gasteiger partial charge in [0.25, 0.3) is 0 Å². The molecule has 17 heavy (non-hydrogen) atoms. The molecule has 90 valence electrons. The molecule has 0 bridgehead atoms. The van der Waals surface area contributed by atoms with Crippen molar-refractivity contribution in [2.45, 2.75) is 44.8 Å². The monoisotopic (exact) mass is 229 g/mol. The molecule has 0 heterocycles. The van der Waals surface area contributed by atoms with Crippen LogP contribution in [-0.4, -0.2) is 12.1 Å². The van der Waals surface area contributed by atoms with E-state index in [0.717, 1.165) is 24.2 Å². The van der Waals surface area contributed by atoms with Gasteiger partial charge in [0.2, 0.25) is 0 Å². The van der Waals surface area contributed by atoms with Crippen LogP contribution in [0.25, 0.3) is 0 Å². The SMILES string of the molecule is CCCC(N)C#Cc1cccc(OC2CC2)c1. The van der Waals surface area contributed by atoms with Crippen molar-refractivity contribution in [3.05, 3.63) is 29.8 Å². The Hall–Kier alpha value is -1.46. The quantitative estimate of drug-likeness (QED) is 0.806. The Morgan fingerprint density at radius 2 is 2.29 bits per heavy atom. The molecule has 1 saturated carbocycles. The van der Waals surface area contributed by atoms with E-state index in [2.05, 4.69) is 18.8 Å². The predicted octanol–water partition coefficient (Wildman–Crippen LogP) is 2.71. The zero-order chi connectivity index (χ0) is 12.1. The van der Waals surface area contributed by atoms with Gasteiger partial charge in [-0.3, -0.25) is 0 Å². The van der Waals surface area contributed by atoms with Gasteiger partial charge in [-0.2, -0.15) is 0 Å². The van der Waals surface area contributed by atoms with Crippen molar-refractivity contribution >= 4 is 0 Å². The molecule has 2 heteroatoms. The summed E-state index contributed by atoms with van der Waals surface area (Å²) in [7, 11) is 0. The smallest absolute Gasteiger partial charge is 0.120 e. The maximum atomic E-state index is 5.86. The lowest BCUT2D eigenvalue weighted by molar-refractivity contribution is 0.303. The Balaban J connectivity index is 1.99. The van der Waals surface area contributed by atoms with Crippen molar-refractivity contribution < 1.29 is 4.74 Å². The van der Waals surface area contributed by atoms with Crippen molar-refractivity contribution in [2.24, 2.45) is 5.73 Å². The molecule has 2 N–H and O–H groups in total. The average molecular weight is 229 g/mol. The Morgan fingerprint density at radius 1 is 1.47 bits per heavy atom. The van der Waals surface area contributed by atoms with Gasteiger partial charge in [-0.15, -0.1) is 0 Å². The fourth-order valence-corrected chi connectivity index (χ4v) is 1.58. The minimum absolute atomic E-state index is 0.0204. The topological polar surface area (TPSA) is 35.2 Å². The van der Waals surface area contributed by atoms with Crippen LogP contribution in [0.15, 0.2) is 24.3 Å². The van der Waals surface area contributed by atoms with Crippen LogP contribution < -0.4 is 10.5 Å². The van der Waals surface area contributed by atoms with Crippen LogP contribution in [0, 0.1) is 11.8 Å². The van der Waals surface area contributed by atoms with Gasteiger partial charge in [0.15, 0.2) is 0 Å². The van der Waals surface area contributed by atoms with Crippen LogP contribution in [0.2, 0.25) is 0 Å². The zero-order valence-electron chi connectivity index (χ0n) is 10.3. The standard InChI is InChI=1S/C15H19NO/c1-2-4-13(16)8-7-12-5-3-6-15(11-12)17-14-9-10-14/h3,5-6,11,13-14H,2,4,9-10,16H2,1H3. The molecule has 1 fully saturated rings. The van der Waals surface area contributed by atoms with Crippen molar-refractivity contribution in [1.29, 1.82) is 0 Å². The molecule has 0 aromatic heterocycles. The second-order valence-corrected chi connectivity index (χ2v) is 4.51. The molecular formula is C15H19NO. The minimum atomic E-state index is -0.0204. The number of nitrogens with two attached hydrogens (primary N) is 1. The first-order valence-corrected chi connectivity index (χ1v) is 6.32. The first-order valence-electron chi connectivity index (χ1n) is 6.32. The zero-order valence-corrected chi connectivity index (χ0v) is 10.3. The number of hydrogen-bond donors (Lipinski definition) is 1. The fraction of sp³-hybridized carbons (Fsp3) is 0.467. The summed E-state index contributed by atoms with van der Waals surface area (Å²) in [5.41, 5.74) is 6.84. The first-order chi connectivity index (χ1) is 8.28. The van der Waals surface area contributed by atoms with Gasteiger partial charge in [-0.05, 0) is 37.5 Å². The molecule has 1 unspecified atom stereocenters. The summed E-state index contributed by atoms with van der Waals surface area (Å²) in [6, 6.07) is 7.92. The summed E-state index contributed by atoms with van der Waals surface area (Å²) in [6.07, 6.45) is 4.81. The Bertz CT molecular complexity index is 426. The van der Waals surface area contributed by atoms with Gasteiger partial charge in [-0.1, -0.05) is 31.3 Å². The van der Waals surface area contributed by atoms with Gasteiger partial charge < -0.3 is 10.5 Å². The highest BCUT2D eigenvalue weighted by Crippen LogP contribution is 2.26. The molecule has 0 saturated heterocycles. The lowest BCUT2D eigenvalue weighted by Gasteiger charge is -2.04. The van der Waals surface area contributed by atoms with Crippen LogP contribution >= 0.6 is 0 Å². The summed E-state index contributed by atoms with van der Waals surface area (Å²) in [6.45, 7) is 2.12. The number of benzene rings is 1. The Morgan fingerprint density at radius 3 is 3.00 bits per heavy atom. The van der Waals surface area contributed by atoms with E-state index in [1.807, 2.05) is 24.3 Å². The second kappa shape index (κ2) is 5.75. The van der Waals surface area contributed by atoms with Crippen LogP contribution in [-0.2, 0) is 0 Å². The third-order valence-electron chi connectivity index (χ3n) is 2.66. The third kappa shape index (κ3) is 4.13. The van der Waals surface area contributed by atoms with Crippen LogP contribution in [0.5, 0.6) is 5.75 Å². The molecule has 0 radical (unpaired) electrons. The highest BCUT2D eigenvalue weighted by atomic mass is 16.5. The van der Waals surface area contributed by atoms with Crippen molar-refractivity contribution in [3.8, 4) is 17.6 Å². The summed E-state index contributed by atoms with van der Waals surface area (Å²) in [5.74, 6) is 7.10. The molecule has 2 rings (SSSR count). The summed E-state index contributed by atoms with van der Waals surface area (Å²) >= 11 is 0. The molecular weight excluding hydrogens is 210 g/mol. The fourth-order valence-electron chi connectivity index (χ4n) is 1.58. The highest BCUT2D eigenvalue weighted by Gasteiger charge is 2.23. The van der Waals surface area contributed by atoms with E-state index in [9.17, 15) is 0 Å². The predicted molar refractivity (Wildman–Crippen MR) is 69.9 cm³/mol. The molecule has 0 aliphatic heterocycles. The highest BCUT2D eigenvalue weighted by molar-refractivity contribution is 5.40. The maximum Gasteiger partial charge on any atom is 0.120 e. The van der Waals surface area contributed by atoms with Crippen molar-refractivity contribution in [1.82, 2.24) is 0 Å². The number of rotatable bonds is 4. The molecule has 0 amide bonds. The summed E-state index contributed by atoms with van der Waals surface area (Å²) < 4.78 is 5.72. The normalized spacial score (nSPS) is 15.9. The number of ether oxygens (including phenoxy) is 1. The first kappa shape index (κ1) is 12.0. The largest absolute Gasteiger partial charge is 0.490 e. The van der Waals surface area contributed by atoms with Gasteiger partial charge in [0.1, 0.15) is 5.75 Å². The lowest BCUT2D eigenvalue weighted by Crippen LogP contribution is -2.16. The van der Waals surface area contributed by atoms with E-state index in [-0.39, 0.29) is 6.04 Å². The van der Waals surface area contributed by atoms with E-state index in [4.69, 9.17) is 10.5 Å². The molecule has 1 aliphatic rings. The van der Waals surface area contributed by atoms with Crippen LogP contribution in [0.3, 0.4) is 0 Å². The minimum Gasteiger partial charge on any atom is -0.490 e. The van der Waals surface area contributed by atoms with Gasteiger partial charge in [0.05, 0.1) is 12.1 Å². The Labute approximate surface area is 103 Å². The lowest BCUT2D eigenvalue weighted by atomic mass is 10.1.